The summed E-state index contributed by atoms with van der Waals surface area (Å²) in [6.07, 6.45) is 3.64. The van der Waals surface area contributed by atoms with Crippen LogP contribution in [0.15, 0.2) is 29.3 Å². The average molecular weight is 461 g/mol. The molecule has 6 heteroatoms. The highest BCUT2D eigenvalue weighted by Crippen LogP contribution is 2.12. The van der Waals surface area contributed by atoms with E-state index in [2.05, 4.69) is 48.7 Å². The maximum atomic E-state index is 5.68. The van der Waals surface area contributed by atoms with Crippen LogP contribution in [-0.2, 0) is 22.6 Å². The Kier molecular flexibility index (Phi) is 11.9. The van der Waals surface area contributed by atoms with Gasteiger partial charge in [-0.3, -0.25) is 0 Å². The first-order chi connectivity index (χ1) is 11.8. The summed E-state index contributed by atoms with van der Waals surface area (Å²) in [4.78, 5) is 4.72. The van der Waals surface area contributed by atoms with Gasteiger partial charge >= 0.3 is 0 Å². The topological polar surface area (TPSA) is 54.9 Å². The van der Waals surface area contributed by atoms with Crippen molar-refractivity contribution < 1.29 is 9.47 Å². The molecule has 2 N–H and O–H groups in total. The predicted octanol–water partition coefficient (Wildman–Crippen LogP) is 3.47. The van der Waals surface area contributed by atoms with Gasteiger partial charge in [-0.25, -0.2) is 4.99 Å². The van der Waals surface area contributed by atoms with Crippen molar-refractivity contribution in [1.82, 2.24) is 10.6 Å². The maximum Gasteiger partial charge on any atom is 0.191 e. The standard InChI is InChI=1S/C19H31N3O2.HI/c1-3-11-23-15-17-9-6-5-8-16(17)13-21-19(20-4-2)22-14-18-10-7-12-24-18;/h5-6,8-9,18H,3-4,7,10-15H2,1-2H3,(H2,20,21,22);1H. The molecule has 0 aliphatic carbocycles. The number of nitrogens with one attached hydrogen (secondary N) is 2. The summed E-state index contributed by atoms with van der Waals surface area (Å²) in [7, 11) is 0. The molecule has 1 atom stereocenters. The maximum absolute atomic E-state index is 5.68. The van der Waals surface area contributed by atoms with E-state index in [1.165, 1.54) is 11.1 Å². The van der Waals surface area contributed by atoms with E-state index < -0.39 is 0 Å². The zero-order valence-electron chi connectivity index (χ0n) is 15.4. The molecule has 0 bridgehead atoms. The van der Waals surface area contributed by atoms with E-state index in [0.717, 1.165) is 51.5 Å². The van der Waals surface area contributed by atoms with Crippen molar-refractivity contribution in [3.8, 4) is 0 Å². The summed E-state index contributed by atoms with van der Waals surface area (Å²) in [5, 5.41) is 6.69. The quantitative estimate of drug-likeness (QED) is 0.256. The second-order valence-corrected chi connectivity index (χ2v) is 6.03. The summed E-state index contributed by atoms with van der Waals surface area (Å²) in [6.45, 7) is 8.83. The van der Waals surface area contributed by atoms with Gasteiger partial charge in [-0.05, 0) is 37.3 Å². The first kappa shape index (κ1) is 22.2. The number of ether oxygens (including phenoxy) is 2. The van der Waals surface area contributed by atoms with E-state index in [-0.39, 0.29) is 24.0 Å². The van der Waals surface area contributed by atoms with Crippen LogP contribution in [0.2, 0.25) is 0 Å². The van der Waals surface area contributed by atoms with Gasteiger partial charge in [-0.2, -0.15) is 0 Å². The normalized spacial score (nSPS) is 17.2. The third-order valence-corrected chi connectivity index (χ3v) is 4.00. The molecule has 0 spiro atoms. The summed E-state index contributed by atoms with van der Waals surface area (Å²) in [5.41, 5.74) is 2.42. The lowest BCUT2D eigenvalue weighted by atomic mass is 10.1. The van der Waals surface area contributed by atoms with E-state index in [1.807, 2.05) is 0 Å². The summed E-state index contributed by atoms with van der Waals surface area (Å²) in [6, 6.07) is 8.35. The van der Waals surface area contributed by atoms with Crippen molar-refractivity contribution in [1.29, 1.82) is 0 Å². The van der Waals surface area contributed by atoms with Gasteiger partial charge < -0.3 is 20.1 Å². The molecule has 1 unspecified atom stereocenters. The molecule has 1 saturated heterocycles. The Balaban J connectivity index is 0.00000312. The molecule has 2 rings (SSSR count). The number of guanidine groups is 1. The van der Waals surface area contributed by atoms with Gasteiger partial charge in [-0.15, -0.1) is 24.0 Å². The Morgan fingerprint density at radius 1 is 1.24 bits per heavy atom. The van der Waals surface area contributed by atoms with Gasteiger partial charge in [0.05, 0.1) is 19.3 Å². The van der Waals surface area contributed by atoms with Crippen molar-refractivity contribution in [3.63, 3.8) is 0 Å². The number of hydrogen-bond acceptors (Lipinski definition) is 3. The SMILES string of the molecule is CCCOCc1ccccc1CN=C(NCC)NCC1CCCO1.I. The Morgan fingerprint density at radius 3 is 2.72 bits per heavy atom. The Morgan fingerprint density at radius 2 is 2.04 bits per heavy atom. The highest BCUT2D eigenvalue weighted by atomic mass is 127. The van der Waals surface area contributed by atoms with E-state index in [0.29, 0.717) is 19.3 Å². The van der Waals surface area contributed by atoms with Crippen LogP contribution in [0.5, 0.6) is 0 Å². The van der Waals surface area contributed by atoms with Crippen LogP contribution in [0, 0.1) is 0 Å². The summed E-state index contributed by atoms with van der Waals surface area (Å²) >= 11 is 0. The Hall–Kier alpha value is -0.860. The minimum absolute atomic E-state index is 0. The van der Waals surface area contributed by atoms with Crippen LogP contribution in [0.4, 0.5) is 0 Å². The molecule has 5 nitrogen and oxygen atoms in total. The Bertz CT molecular complexity index is 505. The van der Waals surface area contributed by atoms with Crippen molar-refractivity contribution in [2.75, 3.05) is 26.3 Å². The van der Waals surface area contributed by atoms with Gasteiger partial charge in [0.15, 0.2) is 5.96 Å². The fourth-order valence-corrected chi connectivity index (χ4v) is 2.70. The van der Waals surface area contributed by atoms with Crippen molar-refractivity contribution in [2.24, 2.45) is 4.99 Å². The van der Waals surface area contributed by atoms with Gasteiger partial charge in [-0.1, -0.05) is 31.2 Å². The largest absolute Gasteiger partial charge is 0.377 e. The number of aliphatic imine (C=N–C) groups is 1. The fourth-order valence-electron chi connectivity index (χ4n) is 2.70. The molecule has 1 aromatic rings. The minimum Gasteiger partial charge on any atom is -0.377 e. The van der Waals surface area contributed by atoms with Gasteiger partial charge in [0.2, 0.25) is 0 Å². The summed E-state index contributed by atoms with van der Waals surface area (Å²) < 4.78 is 11.3. The number of benzene rings is 1. The third-order valence-electron chi connectivity index (χ3n) is 4.00. The molecule has 1 aliphatic rings. The lowest BCUT2D eigenvalue weighted by Crippen LogP contribution is -2.41. The molecule has 1 heterocycles. The zero-order valence-corrected chi connectivity index (χ0v) is 17.8. The molecular formula is C19H32IN3O2. The van der Waals surface area contributed by atoms with Crippen molar-refractivity contribution >= 4 is 29.9 Å². The molecule has 0 saturated carbocycles. The predicted molar refractivity (Wildman–Crippen MR) is 114 cm³/mol. The van der Waals surface area contributed by atoms with Crippen LogP contribution >= 0.6 is 24.0 Å². The van der Waals surface area contributed by atoms with Crippen molar-refractivity contribution in [3.05, 3.63) is 35.4 Å². The second-order valence-electron chi connectivity index (χ2n) is 6.03. The highest BCUT2D eigenvalue weighted by molar-refractivity contribution is 14.0. The van der Waals surface area contributed by atoms with Crippen LogP contribution in [0.25, 0.3) is 0 Å². The van der Waals surface area contributed by atoms with Gasteiger partial charge in [0.1, 0.15) is 0 Å². The van der Waals surface area contributed by atoms with Gasteiger partial charge in [0, 0.05) is 26.3 Å². The first-order valence-corrected chi connectivity index (χ1v) is 9.11. The van der Waals surface area contributed by atoms with Crippen molar-refractivity contribution in [2.45, 2.75) is 52.4 Å². The second kappa shape index (κ2) is 13.4. The monoisotopic (exact) mass is 461 g/mol. The first-order valence-electron chi connectivity index (χ1n) is 9.11. The molecule has 1 fully saturated rings. The number of rotatable bonds is 9. The average Bonchev–Trinajstić information content (AvgIpc) is 3.12. The zero-order chi connectivity index (χ0) is 17.0. The van der Waals surface area contributed by atoms with Gasteiger partial charge in [0.25, 0.3) is 0 Å². The third kappa shape index (κ3) is 8.37. The minimum atomic E-state index is 0. The molecule has 1 aliphatic heterocycles. The molecule has 0 aromatic heterocycles. The fraction of sp³-hybridized carbons (Fsp3) is 0.632. The lowest BCUT2D eigenvalue weighted by Gasteiger charge is -2.15. The van der Waals surface area contributed by atoms with Crippen LogP contribution in [0.3, 0.4) is 0 Å². The molecule has 0 amide bonds. The molecular weight excluding hydrogens is 429 g/mol. The van der Waals surface area contributed by atoms with E-state index >= 15 is 0 Å². The molecule has 25 heavy (non-hydrogen) atoms. The molecule has 0 radical (unpaired) electrons. The summed E-state index contributed by atoms with van der Waals surface area (Å²) in [5.74, 6) is 0.845. The number of halogens is 1. The number of hydrogen-bond donors (Lipinski definition) is 2. The smallest absolute Gasteiger partial charge is 0.191 e. The van der Waals surface area contributed by atoms with Crippen LogP contribution in [0.1, 0.15) is 44.2 Å². The Labute approximate surface area is 169 Å². The number of nitrogens with zero attached hydrogens (tertiary/aromatic N) is 1. The lowest BCUT2D eigenvalue weighted by molar-refractivity contribution is 0.114. The highest BCUT2D eigenvalue weighted by Gasteiger charge is 2.15. The van der Waals surface area contributed by atoms with E-state index in [9.17, 15) is 0 Å². The molecule has 1 aromatic carbocycles. The van der Waals surface area contributed by atoms with Crippen LogP contribution < -0.4 is 10.6 Å². The van der Waals surface area contributed by atoms with E-state index in [1.54, 1.807) is 0 Å². The van der Waals surface area contributed by atoms with Crippen LogP contribution in [-0.4, -0.2) is 38.4 Å². The molecule has 142 valence electrons. The van der Waals surface area contributed by atoms with E-state index in [4.69, 9.17) is 14.5 Å².